The molecule has 6 nitrogen and oxygen atoms in total. The van der Waals surface area contributed by atoms with Crippen LogP contribution < -0.4 is 19.5 Å². The molecule has 0 bridgehead atoms. The molecule has 1 aliphatic heterocycles. The van der Waals surface area contributed by atoms with Gasteiger partial charge in [0.15, 0.2) is 11.5 Å². The van der Waals surface area contributed by atoms with Crippen molar-refractivity contribution in [2.45, 2.75) is 6.92 Å². The zero-order valence-electron chi connectivity index (χ0n) is 14.5. The predicted molar refractivity (Wildman–Crippen MR) is 98.4 cm³/mol. The van der Waals surface area contributed by atoms with Crippen molar-refractivity contribution in [3.63, 3.8) is 0 Å². The van der Waals surface area contributed by atoms with Crippen molar-refractivity contribution >= 4 is 22.5 Å². The topological polar surface area (TPSA) is 69.7 Å². The normalized spacial score (nSPS) is 12.7. The molecule has 0 radical (unpaired) electrons. The fourth-order valence-corrected chi connectivity index (χ4v) is 2.95. The Morgan fingerprint density at radius 2 is 1.88 bits per heavy atom. The number of methoxy groups -OCH3 is 1. The summed E-state index contributed by atoms with van der Waals surface area (Å²) in [6, 6.07) is 12.6. The smallest absolute Gasteiger partial charge is 0.255 e. The van der Waals surface area contributed by atoms with Gasteiger partial charge in [-0.2, -0.15) is 0 Å². The lowest BCUT2D eigenvalue weighted by Gasteiger charge is -2.18. The van der Waals surface area contributed by atoms with Gasteiger partial charge in [0.2, 0.25) is 0 Å². The van der Waals surface area contributed by atoms with E-state index in [-0.39, 0.29) is 5.91 Å². The van der Waals surface area contributed by atoms with Gasteiger partial charge >= 0.3 is 0 Å². The molecule has 1 amide bonds. The van der Waals surface area contributed by atoms with Gasteiger partial charge in [-0.05, 0) is 49.4 Å². The first-order valence-electron chi connectivity index (χ1n) is 8.30. The van der Waals surface area contributed by atoms with Gasteiger partial charge in [-0.1, -0.05) is 0 Å². The molecule has 3 aromatic rings. The summed E-state index contributed by atoms with van der Waals surface area (Å²) in [6.07, 6.45) is 0. The Bertz CT molecular complexity index is 1000. The Hall–Kier alpha value is -3.28. The number of carbonyl (C=O) groups excluding carboxylic acids is 1. The highest BCUT2D eigenvalue weighted by Gasteiger charge is 2.16. The van der Waals surface area contributed by atoms with Gasteiger partial charge in [0, 0.05) is 16.6 Å². The first kappa shape index (κ1) is 16.2. The molecule has 0 spiro atoms. The summed E-state index contributed by atoms with van der Waals surface area (Å²) >= 11 is 0. The SMILES string of the molecule is COc1ccc2nc(C)cc(NC(=O)c3ccc4c(c3)OCCO4)c2c1. The molecule has 2 heterocycles. The third-order valence-electron chi connectivity index (χ3n) is 4.20. The number of aryl methyl sites for hydroxylation is 1. The average Bonchev–Trinajstić information content (AvgIpc) is 2.67. The average molecular weight is 350 g/mol. The predicted octanol–water partition coefficient (Wildman–Crippen LogP) is 3.58. The van der Waals surface area contributed by atoms with Gasteiger partial charge in [0.25, 0.3) is 5.91 Å². The van der Waals surface area contributed by atoms with E-state index in [2.05, 4.69) is 10.3 Å². The van der Waals surface area contributed by atoms with E-state index in [0.29, 0.717) is 41.7 Å². The molecule has 0 saturated carbocycles. The van der Waals surface area contributed by atoms with Crippen LogP contribution in [0.2, 0.25) is 0 Å². The van der Waals surface area contributed by atoms with E-state index in [1.807, 2.05) is 31.2 Å². The quantitative estimate of drug-likeness (QED) is 0.782. The second-order valence-electron chi connectivity index (χ2n) is 6.01. The standard InChI is InChI=1S/C20H18N2O4/c1-12-9-17(15-11-14(24-2)4-5-16(15)21-12)22-20(23)13-3-6-18-19(10-13)26-8-7-25-18/h3-6,9-11H,7-8H2,1-2H3,(H,21,22,23). The maximum absolute atomic E-state index is 12.8. The van der Waals surface area contributed by atoms with Gasteiger partial charge in [0.1, 0.15) is 19.0 Å². The van der Waals surface area contributed by atoms with Gasteiger partial charge in [-0.3, -0.25) is 9.78 Å². The van der Waals surface area contributed by atoms with E-state index >= 15 is 0 Å². The summed E-state index contributed by atoms with van der Waals surface area (Å²) in [5, 5.41) is 3.79. The van der Waals surface area contributed by atoms with Crippen LogP contribution in [0.15, 0.2) is 42.5 Å². The summed E-state index contributed by atoms with van der Waals surface area (Å²) in [7, 11) is 1.61. The molecule has 26 heavy (non-hydrogen) atoms. The number of carbonyl (C=O) groups is 1. The highest BCUT2D eigenvalue weighted by atomic mass is 16.6. The van der Waals surface area contributed by atoms with E-state index in [4.69, 9.17) is 14.2 Å². The second kappa shape index (κ2) is 6.55. The minimum absolute atomic E-state index is 0.225. The third-order valence-corrected chi connectivity index (χ3v) is 4.20. The lowest BCUT2D eigenvalue weighted by Crippen LogP contribution is -2.17. The zero-order valence-corrected chi connectivity index (χ0v) is 14.5. The van der Waals surface area contributed by atoms with Crippen LogP contribution in [0, 0.1) is 6.92 Å². The van der Waals surface area contributed by atoms with E-state index in [9.17, 15) is 4.79 Å². The number of nitrogens with one attached hydrogen (secondary N) is 1. The van der Waals surface area contributed by atoms with Crippen molar-refractivity contribution in [1.29, 1.82) is 0 Å². The highest BCUT2D eigenvalue weighted by molar-refractivity contribution is 6.09. The molecular weight excluding hydrogens is 332 g/mol. The van der Waals surface area contributed by atoms with Crippen molar-refractivity contribution in [3.8, 4) is 17.2 Å². The number of pyridine rings is 1. The van der Waals surface area contributed by atoms with Gasteiger partial charge in [0.05, 0.1) is 18.3 Å². The fraction of sp³-hybridized carbons (Fsp3) is 0.200. The van der Waals surface area contributed by atoms with Crippen LogP contribution in [0.1, 0.15) is 16.1 Å². The molecule has 132 valence electrons. The number of rotatable bonds is 3. The lowest BCUT2D eigenvalue weighted by molar-refractivity contribution is 0.102. The van der Waals surface area contributed by atoms with Crippen LogP contribution in [0.5, 0.6) is 17.2 Å². The second-order valence-corrected chi connectivity index (χ2v) is 6.01. The summed E-state index contributed by atoms with van der Waals surface area (Å²) in [4.78, 5) is 17.3. The number of hydrogen-bond acceptors (Lipinski definition) is 5. The molecule has 2 aromatic carbocycles. The number of benzene rings is 2. The molecule has 0 atom stereocenters. The number of ether oxygens (including phenoxy) is 3. The summed E-state index contributed by atoms with van der Waals surface area (Å²) < 4.78 is 16.3. The van der Waals surface area contributed by atoms with Crippen molar-refractivity contribution in [2.24, 2.45) is 0 Å². The fourth-order valence-electron chi connectivity index (χ4n) is 2.95. The Morgan fingerprint density at radius 1 is 1.08 bits per heavy atom. The van der Waals surface area contributed by atoms with E-state index < -0.39 is 0 Å². The molecule has 0 saturated heterocycles. The molecule has 1 N–H and O–H groups in total. The maximum Gasteiger partial charge on any atom is 0.255 e. The Labute approximate surface area is 150 Å². The molecule has 0 aliphatic carbocycles. The summed E-state index contributed by atoms with van der Waals surface area (Å²) in [5.41, 5.74) is 2.80. The molecule has 1 aliphatic rings. The van der Waals surface area contributed by atoms with Gasteiger partial charge in [-0.25, -0.2) is 0 Å². The summed E-state index contributed by atoms with van der Waals surface area (Å²) in [5.74, 6) is 1.72. The summed E-state index contributed by atoms with van der Waals surface area (Å²) in [6.45, 7) is 2.89. The molecule has 4 rings (SSSR count). The van der Waals surface area contributed by atoms with Crippen molar-refractivity contribution in [3.05, 3.63) is 53.7 Å². The van der Waals surface area contributed by atoms with E-state index in [1.165, 1.54) is 0 Å². The van der Waals surface area contributed by atoms with Crippen molar-refractivity contribution in [2.75, 3.05) is 25.6 Å². The number of aromatic nitrogens is 1. The molecule has 0 unspecified atom stereocenters. The largest absolute Gasteiger partial charge is 0.497 e. The minimum atomic E-state index is -0.225. The number of hydrogen-bond donors (Lipinski definition) is 1. The Morgan fingerprint density at radius 3 is 2.69 bits per heavy atom. The first-order chi connectivity index (χ1) is 12.6. The molecule has 0 fully saturated rings. The zero-order chi connectivity index (χ0) is 18.1. The third kappa shape index (κ3) is 3.01. The lowest BCUT2D eigenvalue weighted by atomic mass is 10.1. The van der Waals surface area contributed by atoms with Crippen LogP contribution in [0.3, 0.4) is 0 Å². The van der Waals surface area contributed by atoms with Gasteiger partial charge in [-0.15, -0.1) is 0 Å². The van der Waals surface area contributed by atoms with Crippen molar-refractivity contribution in [1.82, 2.24) is 4.98 Å². The van der Waals surface area contributed by atoms with Crippen LogP contribution >= 0.6 is 0 Å². The van der Waals surface area contributed by atoms with Gasteiger partial charge < -0.3 is 19.5 Å². The Balaban J connectivity index is 1.69. The van der Waals surface area contributed by atoms with Crippen LogP contribution in [-0.4, -0.2) is 31.2 Å². The van der Waals surface area contributed by atoms with E-state index in [1.54, 1.807) is 25.3 Å². The number of fused-ring (bicyclic) bond motifs is 2. The van der Waals surface area contributed by atoms with Crippen LogP contribution in [-0.2, 0) is 0 Å². The molecule has 1 aromatic heterocycles. The monoisotopic (exact) mass is 350 g/mol. The first-order valence-corrected chi connectivity index (χ1v) is 8.30. The minimum Gasteiger partial charge on any atom is -0.497 e. The highest BCUT2D eigenvalue weighted by Crippen LogP contribution is 2.32. The van der Waals surface area contributed by atoms with Crippen molar-refractivity contribution < 1.29 is 19.0 Å². The molecular formula is C20H18N2O4. The molecule has 6 heteroatoms. The Kier molecular flexibility index (Phi) is 4.08. The number of anilines is 1. The van der Waals surface area contributed by atoms with Crippen LogP contribution in [0.4, 0.5) is 5.69 Å². The number of amides is 1. The number of nitrogens with zero attached hydrogens (tertiary/aromatic N) is 1. The maximum atomic E-state index is 12.8. The van der Waals surface area contributed by atoms with E-state index in [0.717, 1.165) is 16.6 Å². The van der Waals surface area contributed by atoms with Crippen LogP contribution in [0.25, 0.3) is 10.9 Å².